The number of Topliss-reactive ketones (excluding diaryl/α,β-unsaturated/α-hetero) is 2. The molecular formula is C107H198N6O8. The number of carbonyl (C=O) groups is 8. The molecule has 0 saturated carbocycles. The highest BCUT2D eigenvalue weighted by molar-refractivity contribution is 5.87. The Morgan fingerprint density at radius 1 is 0.306 bits per heavy atom. The summed E-state index contributed by atoms with van der Waals surface area (Å²) in [5, 5.41) is 17.6. The number of amides is 6. The molecule has 2 unspecified atom stereocenters. The summed E-state index contributed by atoms with van der Waals surface area (Å²) in [7, 11) is 0. The molecule has 4 aliphatic rings. The van der Waals surface area contributed by atoms with Crippen LogP contribution in [0.3, 0.4) is 0 Å². The molecule has 2 atom stereocenters. The van der Waals surface area contributed by atoms with E-state index in [0.717, 1.165) is 122 Å². The van der Waals surface area contributed by atoms with E-state index in [1.54, 1.807) is 44.6 Å². The van der Waals surface area contributed by atoms with Crippen LogP contribution in [0.25, 0.3) is 0 Å². The van der Waals surface area contributed by atoms with Crippen LogP contribution in [0.15, 0.2) is 57.7 Å². The van der Waals surface area contributed by atoms with E-state index in [1.165, 1.54) is 212 Å². The Bertz CT molecular complexity index is 2930. The second-order valence-corrected chi connectivity index (χ2v) is 39.1. The Morgan fingerprint density at radius 2 is 0.562 bits per heavy atom. The van der Waals surface area contributed by atoms with Gasteiger partial charge in [-0.05, 0) is 262 Å². The van der Waals surface area contributed by atoms with Crippen molar-refractivity contribution in [3.05, 3.63) is 57.7 Å². The second-order valence-electron chi connectivity index (χ2n) is 39.1. The Balaban J connectivity index is 0. The van der Waals surface area contributed by atoms with Gasteiger partial charge in [-0.1, -0.05) is 257 Å². The van der Waals surface area contributed by atoms with E-state index >= 15 is 0 Å². The van der Waals surface area contributed by atoms with Gasteiger partial charge < -0.3 is 31.9 Å². The van der Waals surface area contributed by atoms with E-state index in [-0.39, 0.29) is 66.3 Å². The molecule has 0 aromatic carbocycles. The number of unbranched alkanes of at least 4 members (excludes halogenated alkanes) is 24. The van der Waals surface area contributed by atoms with Crippen molar-refractivity contribution in [1.29, 1.82) is 0 Å². The van der Waals surface area contributed by atoms with Crippen LogP contribution in [0, 0.1) is 33.5 Å². The fourth-order valence-corrected chi connectivity index (χ4v) is 19.0. The van der Waals surface area contributed by atoms with Crippen LogP contribution in [-0.4, -0.2) is 86.3 Å². The Labute approximate surface area is 748 Å². The van der Waals surface area contributed by atoms with Gasteiger partial charge in [-0.2, -0.15) is 0 Å². The van der Waals surface area contributed by atoms with Gasteiger partial charge in [0.25, 0.3) is 0 Å². The quantitative estimate of drug-likeness (QED) is 0.0254. The van der Waals surface area contributed by atoms with Crippen LogP contribution < -0.4 is 31.9 Å². The third-order valence-corrected chi connectivity index (χ3v) is 26.4. The zero-order valence-corrected chi connectivity index (χ0v) is 82.1. The average molecular weight is 1700 g/mol. The monoisotopic (exact) mass is 1700 g/mol. The molecule has 4 aliphatic carbocycles. The molecular weight excluding hydrogens is 1500 g/mol. The lowest BCUT2D eigenvalue weighted by molar-refractivity contribution is -0.129. The predicted molar refractivity (Wildman–Crippen MR) is 521 cm³/mol. The molecule has 0 aromatic rings. The molecule has 0 spiro atoms. The summed E-state index contributed by atoms with van der Waals surface area (Å²) in [6.07, 6.45) is 62.9. The number of rotatable bonds is 62. The van der Waals surface area contributed by atoms with Gasteiger partial charge in [0.15, 0.2) is 0 Å². The van der Waals surface area contributed by atoms with Gasteiger partial charge in [-0.25, -0.2) is 0 Å². The Hall–Kier alpha value is -5.14. The molecule has 0 aromatic heterocycles. The van der Waals surface area contributed by atoms with Crippen molar-refractivity contribution in [2.24, 2.45) is 33.5 Å². The van der Waals surface area contributed by atoms with Crippen molar-refractivity contribution in [3.8, 4) is 0 Å². The summed E-state index contributed by atoms with van der Waals surface area (Å²) in [4.78, 5) is 96.9. The van der Waals surface area contributed by atoms with Crippen molar-refractivity contribution in [3.63, 3.8) is 0 Å². The molecule has 6 amide bonds. The van der Waals surface area contributed by atoms with E-state index in [4.69, 9.17) is 0 Å². The highest BCUT2D eigenvalue weighted by atomic mass is 16.2. The number of allylic oxidation sites excluding steroid dienone is 8. The first-order valence-corrected chi connectivity index (χ1v) is 50.2. The van der Waals surface area contributed by atoms with Crippen LogP contribution in [0.4, 0.5) is 0 Å². The molecule has 4 rings (SSSR count). The summed E-state index contributed by atoms with van der Waals surface area (Å²) in [6.45, 7) is 50.4. The normalized spacial score (nSPS) is 16.2. The molecule has 0 bridgehead atoms. The zero-order valence-electron chi connectivity index (χ0n) is 82.1. The summed E-state index contributed by atoms with van der Waals surface area (Å²) in [5.41, 5.74) is 15.0. The number of nitrogens with one attached hydrogen (secondary N) is 6. The Morgan fingerprint density at radius 3 is 0.826 bits per heavy atom. The SMILES string of the molecule is C.C=C.CCCCNC(=O)C(CCCCNC(=O)CCCCCCCCC1=C(C)CCCC1(C)C)CC(=O)CCCCCCCCC1=C(C)CCCC1(C)C.CCCCNC(=O)CCC.CCNC(=O)C(CCCCNC(=O)CCCCCCCCC1=C(C)CCCC1(C)C)CC(=O)CCCCCCCCC1=C(C)CCCC1(C)C.CCNC(C)=O. The van der Waals surface area contributed by atoms with E-state index in [9.17, 15) is 38.4 Å². The van der Waals surface area contributed by atoms with E-state index in [0.29, 0.717) is 106 Å². The molecule has 0 aliphatic heterocycles. The van der Waals surface area contributed by atoms with Gasteiger partial charge in [0.2, 0.25) is 35.4 Å². The topological polar surface area (TPSA) is 209 Å². The zero-order chi connectivity index (χ0) is 89.9. The molecule has 704 valence electrons. The number of hydrogen-bond donors (Lipinski definition) is 6. The first kappa shape index (κ1) is 118. The molecule has 0 fully saturated rings. The van der Waals surface area contributed by atoms with Crippen LogP contribution in [-0.2, 0) is 38.4 Å². The van der Waals surface area contributed by atoms with E-state index in [1.807, 2.05) is 20.8 Å². The number of ketones is 2. The average Bonchev–Trinajstić information content (AvgIpc) is 0.840. The molecule has 6 N–H and O–H groups in total. The van der Waals surface area contributed by atoms with Gasteiger partial charge >= 0.3 is 0 Å². The maximum absolute atomic E-state index is 13.0. The van der Waals surface area contributed by atoms with Crippen LogP contribution in [0.2, 0.25) is 0 Å². The van der Waals surface area contributed by atoms with Crippen molar-refractivity contribution in [2.45, 2.75) is 504 Å². The van der Waals surface area contributed by atoms with Gasteiger partial charge in [0, 0.05) is 103 Å². The molecule has 0 heterocycles. The van der Waals surface area contributed by atoms with Crippen LogP contribution in [0.1, 0.15) is 504 Å². The predicted octanol–water partition coefficient (Wildman–Crippen LogP) is 28.6. The first-order valence-electron chi connectivity index (χ1n) is 50.2. The highest BCUT2D eigenvalue weighted by Crippen LogP contribution is 2.46. The van der Waals surface area contributed by atoms with Gasteiger partial charge in [-0.15, -0.1) is 13.2 Å². The summed E-state index contributed by atoms with van der Waals surface area (Å²) in [5.74, 6) is 0.488. The lowest BCUT2D eigenvalue weighted by Crippen LogP contribution is -2.33. The molecule has 0 radical (unpaired) electrons. The standard InChI is InChI=1S/C47H84N2O3.C45H80N2O3.C8H17NO.C4H9NO.C2H4.CH4/c1-8-9-35-49-45(52)40(37-41(50)29-18-14-10-11-15-19-30-42-38(2)26-24-33-46(42,4)5)28-22-23-36-48-44(51)32-21-17-13-12-16-20-31-43-39(3)27-25-34-47(43,6)7;1-8-46-43(50)38(35-39(48)28-17-13-9-10-14-18-29-40-36(2)25-23-32-44(40,4)5)27-21-22-34-47-42(49)31-20-16-12-11-15-19-30-41-37(3)26-24-33-45(41,6)7;1-3-5-7-9-8(10)6-4-2;1-3-5-4(2)6;1-2;/h40H,8-37H2,1-7H3,(H,48,51)(H,49,52);38H,8-35H2,1-7H3,(H,46,50)(H,47,49);3-7H2,1-2H3,(H,9,10);3H2,1-2H3,(H,5,6);1-2H2;1H4. The lowest BCUT2D eigenvalue weighted by atomic mass is 9.71. The van der Waals surface area contributed by atoms with Crippen molar-refractivity contribution >= 4 is 47.0 Å². The molecule has 121 heavy (non-hydrogen) atoms. The first-order chi connectivity index (χ1) is 57.3. The number of carbonyl (C=O) groups excluding carboxylic acids is 8. The third-order valence-electron chi connectivity index (χ3n) is 26.4. The summed E-state index contributed by atoms with van der Waals surface area (Å²) < 4.78 is 0. The minimum absolute atomic E-state index is 0. The van der Waals surface area contributed by atoms with Crippen LogP contribution >= 0.6 is 0 Å². The maximum atomic E-state index is 13.0. The van der Waals surface area contributed by atoms with Crippen molar-refractivity contribution in [1.82, 2.24) is 31.9 Å². The highest BCUT2D eigenvalue weighted by Gasteiger charge is 2.32. The largest absolute Gasteiger partial charge is 0.357 e. The van der Waals surface area contributed by atoms with Crippen molar-refractivity contribution < 1.29 is 38.4 Å². The van der Waals surface area contributed by atoms with Crippen LogP contribution in [0.5, 0.6) is 0 Å². The van der Waals surface area contributed by atoms with Gasteiger partial charge in [-0.3, -0.25) is 38.4 Å². The minimum atomic E-state index is -0.255. The second kappa shape index (κ2) is 73.0. The molecule has 14 nitrogen and oxygen atoms in total. The molecule has 0 saturated heterocycles. The summed E-state index contributed by atoms with van der Waals surface area (Å²) >= 11 is 0. The third kappa shape index (κ3) is 58.7. The fraction of sp³-hybridized carbons (Fsp3) is 0.832. The summed E-state index contributed by atoms with van der Waals surface area (Å²) in [6, 6.07) is 0. The Kier molecular flexibility index (Phi) is 71.1. The number of hydrogen-bond acceptors (Lipinski definition) is 8. The smallest absolute Gasteiger partial charge is 0.223 e. The lowest BCUT2D eigenvalue weighted by Gasteiger charge is -2.34. The fourth-order valence-electron chi connectivity index (χ4n) is 19.0. The van der Waals surface area contributed by atoms with Crippen molar-refractivity contribution in [2.75, 3.05) is 39.3 Å². The van der Waals surface area contributed by atoms with E-state index < -0.39 is 0 Å². The van der Waals surface area contributed by atoms with Gasteiger partial charge in [0.1, 0.15) is 11.6 Å². The maximum Gasteiger partial charge on any atom is 0.223 e. The minimum Gasteiger partial charge on any atom is -0.357 e. The van der Waals surface area contributed by atoms with E-state index in [2.05, 4.69) is 142 Å². The van der Waals surface area contributed by atoms with Gasteiger partial charge in [0.05, 0.1) is 0 Å². The molecule has 14 heteroatoms.